The van der Waals surface area contributed by atoms with Crippen molar-refractivity contribution < 1.29 is 14.3 Å². The molecule has 6 nitrogen and oxygen atoms in total. The fourth-order valence-corrected chi connectivity index (χ4v) is 1.84. The van der Waals surface area contributed by atoms with Gasteiger partial charge in [-0.25, -0.2) is 9.97 Å². The van der Waals surface area contributed by atoms with Crippen LogP contribution >= 0.6 is 11.3 Å². The van der Waals surface area contributed by atoms with Gasteiger partial charge in [-0.3, -0.25) is 10.1 Å². The summed E-state index contributed by atoms with van der Waals surface area (Å²) < 4.78 is 10.2. The lowest BCUT2D eigenvalue weighted by atomic mass is 10.2. The first kappa shape index (κ1) is 13.4. The van der Waals surface area contributed by atoms with Crippen LogP contribution in [0.1, 0.15) is 10.4 Å². The maximum atomic E-state index is 11.9. The molecule has 0 radical (unpaired) electrons. The van der Waals surface area contributed by atoms with E-state index in [9.17, 15) is 4.79 Å². The maximum absolute atomic E-state index is 11.9. The Balaban J connectivity index is 1.99. The zero-order chi connectivity index (χ0) is 13.5. The monoisotopic (exact) mass is 279 g/mol. The predicted octanol–water partition coefficient (Wildman–Crippen LogP) is 1.82. The van der Waals surface area contributed by atoms with E-state index in [4.69, 9.17) is 9.47 Å². The Kier molecular flexibility index (Phi) is 4.82. The average Bonchev–Trinajstić information content (AvgIpc) is 2.92. The number of pyridine rings is 1. The molecule has 0 bridgehead atoms. The summed E-state index contributed by atoms with van der Waals surface area (Å²) in [4.78, 5) is 19.9. The molecule has 0 spiro atoms. The van der Waals surface area contributed by atoms with Gasteiger partial charge in [0.2, 0.25) is 5.88 Å². The Hall–Kier alpha value is -1.99. The van der Waals surface area contributed by atoms with Crippen molar-refractivity contribution in [3.63, 3.8) is 0 Å². The van der Waals surface area contributed by atoms with Crippen LogP contribution in [0.4, 0.5) is 5.13 Å². The van der Waals surface area contributed by atoms with E-state index >= 15 is 0 Å². The molecule has 1 N–H and O–H groups in total. The summed E-state index contributed by atoms with van der Waals surface area (Å²) in [6, 6.07) is 3.20. The molecular formula is C12H13N3O3S. The molecule has 0 saturated heterocycles. The summed E-state index contributed by atoms with van der Waals surface area (Å²) >= 11 is 1.36. The fraction of sp³-hybridized carbons (Fsp3) is 0.250. The summed E-state index contributed by atoms with van der Waals surface area (Å²) in [7, 11) is 1.59. The number of amides is 1. The highest BCUT2D eigenvalue weighted by atomic mass is 32.1. The number of aromatic nitrogens is 2. The van der Waals surface area contributed by atoms with Gasteiger partial charge in [0.1, 0.15) is 6.61 Å². The van der Waals surface area contributed by atoms with Crippen LogP contribution < -0.4 is 10.1 Å². The van der Waals surface area contributed by atoms with Gasteiger partial charge in [-0.1, -0.05) is 0 Å². The normalized spacial score (nSPS) is 10.2. The number of nitrogens with zero attached hydrogens (tertiary/aromatic N) is 2. The smallest absolute Gasteiger partial charge is 0.257 e. The SMILES string of the molecule is COCCOc1cc(C(=O)Nc2nccs2)ccn1. The number of thiazole rings is 1. The van der Waals surface area contributed by atoms with Gasteiger partial charge < -0.3 is 9.47 Å². The molecule has 100 valence electrons. The van der Waals surface area contributed by atoms with Crippen LogP contribution in [-0.4, -0.2) is 36.2 Å². The summed E-state index contributed by atoms with van der Waals surface area (Å²) in [5, 5.41) is 5.05. The lowest BCUT2D eigenvalue weighted by Gasteiger charge is -2.06. The van der Waals surface area contributed by atoms with E-state index in [0.717, 1.165) is 0 Å². The molecule has 0 atom stereocenters. The van der Waals surface area contributed by atoms with Crippen LogP contribution in [0.2, 0.25) is 0 Å². The summed E-state index contributed by atoms with van der Waals surface area (Å²) in [5.41, 5.74) is 0.470. The van der Waals surface area contributed by atoms with Crippen LogP contribution in [0, 0.1) is 0 Å². The van der Waals surface area contributed by atoms with E-state index in [1.165, 1.54) is 17.5 Å². The van der Waals surface area contributed by atoms with Crippen LogP contribution in [0.25, 0.3) is 0 Å². The molecule has 2 aromatic heterocycles. The van der Waals surface area contributed by atoms with Gasteiger partial charge >= 0.3 is 0 Å². The molecular weight excluding hydrogens is 266 g/mol. The molecule has 2 rings (SSSR count). The summed E-state index contributed by atoms with van der Waals surface area (Å²) in [5.74, 6) is 0.151. The van der Waals surface area contributed by atoms with Crippen molar-refractivity contribution in [1.82, 2.24) is 9.97 Å². The first-order chi connectivity index (χ1) is 9.29. The number of nitrogens with one attached hydrogen (secondary N) is 1. The molecule has 0 aliphatic heterocycles. The second kappa shape index (κ2) is 6.81. The van der Waals surface area contributed by atoms with Crippen LogP contribution in [0.3, 0.4) is 0 Å². The Morgan fingerprint density at radius 1 is 1.37 bits per heavy atom. The van der Waals surface area contributed by atoms with Gasteiger partial charge in [0, 0.05) is 36.5 Å². The van der Waals surface area contributed by atoms with Crippen molar-refractivity contribution >= 4 is 22.4 Å². The Morgan fingerprint density at radius 3 is 3.00 bits per heavy atom. The molecule has 0 saturated carbocycles. The third-order valence-electron chi connectivity index (χ3n) is 2.19. The Labute approximate surface area is 114 Å². The van der Waals surface area contributed by atoms with E-state index in [-0.39, 0.29) is 5.91 Å². The summed E-state index contributed by atoms with van der Waals surface area (Å²) in [6.45, 7) is 0.859. The Bertz CT molecular complexity index is 531. The number of anilines is 1. The zero-order valence-electron chi connectivity index (χ0n) is 10.3. The predicted molar refractivity (Wildman–Crippen MR) is 71.7 cm³/mol. The van der Waals surface area contributed by atoms with Gasteiger partial charge in [0.05, 0.1) is 6.61 Å². The molecule has 0 unspecified atom stereocenters. The molecule has 0 fully saturated rings. The molecule has 0 aliphatic rings. The second-order valence-electron chi connectivity index (χ2n) is 3.52. The van der Waals surface area contributed by atoms with E-state index in [2.05, 4.69) is 15.3 Å². The highest BCUT2D eigenvalue weighted by Crippen LogP contribution is 2.14. The molecule has 19 heavy (non-hydrogen) atoms. The van der Waals surface area contributed by atoms with Crippen molar-refractivity contribution in [2.24, 2.45) is 0 Å². The number of hydrogen-bond acceptors (Lipinski definition) is 6. The second-order valence-corrected chi connectivity index (χ2v) is 4.41. The van der Waals surface area contributed by atoms with Gasteiger partial charge in [0.25, 0.3) is 5.91 Å². The van der Waals surface area contributed by atoms with Crippen molar-refractivity contribution in [1.29, 1.82) is 0 Å². The van der Waals surface area contributed by atoms with Crippen molar-refractivity contribution in [3.8, 4) is 5.88 Å². The van der Waals surface area contributed by atoms with Gasteiger partial charge in [-0.2, -0.15) is 0 Å². The van der Waals surface area contributed by atoms with Crippen molar-refractivity contribution in [2.75, 3.05) is 25.6 Å². The first-order valence-electron chi connectivity index (χ1n) is 5.58. The van der Waals surface area contributed by atoms with E-state index in [1.54, 1.807) is 30.8 Å². The van der Waals surface area contributed by atoms with E-state index in [0.29, 0.717) is 29.8 Å². The van der Waals surface area contributed by atoms with Crippen molar-refractivity contribution in [3.05, 3.63) is 35.5 Å². The molecule has 0 aliphatic carbocycles. The minimum atomic E-state index is -0.242. The summed E-state index contributed by atoms with van der Waals surface area (Å²) in [6.07, 6.45) is 3.16. The highest BCUT2D eigenvalue weighted by Gasteiger charge is 2.09. The van der Waals surface area contributed by atoms with Gasteiger partial charge in [-0.15, -0.1) is 11.3 Å². The largest absolute Gasteiger partial charge is 0.475 e. The maximum Gasteiger partial charge on any atom is 0.257 e. The average molecular weight is 279 g/mol. The van der Waals surface area contributed by atoms with E-state index in [1.807, 2.05) is 0 Å². The number of carbonyl (C=O) groups excluding carboxylic acids is 1. The van der Waals surface area contributed by atoms with Gasteiger partial charge in [-0.05, 0) is 6.07 Å². The molecule has 0 aromatic carbocycles. The quantitative estimate of drug-likeness (QED) is 0.816. The van der Waals surface area contributed by atoms with Gasteiger partial charge in [0.15, 0.2) is 5.13 Å². The molecule has 7 heteroatoms. The lowest BCUT2D eigenvalue weighted by Crippen LogP contribution is -2.12. The van der Waals surface area contributed by atoms with E-state index < -0.39 is 0 Å². The molecule has 2 heterocycles. The number of methoxy groups -OCH3 is 1. The van der Waals surface area contributed by atoms with Crippen LogP contribution in [0.5, 0.6) is 5.88 Å². The number of ether oxygens (including phenoxy) is 2. The van der Waals surface area contributed by atoms with Crippen molar-refractivity contribution in [2.45, 2.75) is 0 Å². The standard InChI is InChI=1S/C12H13N3O3S/c1-17-5-6-18-10-8-9(2-3-13-10)11(16)15-12-14-4-7-19-12/h2-4,7-8H,5-6H2,1H3,(H,14,15,16). The van der Waals surface area contributed by atoms with Crippen LogP contribution in [-0.2, 0) is 4.74 Å². The third-order valence-corrected chi connectivity index (χ3v) is 2.88. The number of rotatable bonds is 6. The topological polar surface area (TPSA) is 73.3 Å². The minimum absolute atomic E-state index is 0.242. The Morgan fingerprint density at radius 2 is 2.26 bits per heavy atom. The minimum Gasteiger partial charge on any atom is -0.475 e. The zero-order valence-corrected chi connectivity index (χ0v) is 11.1. The number of carbonyl (C=O) groups is 1. The number of hydrogen-bond donors (Lipinski definition) is 1. The molecule has 1 amide bonds. The van der Waals surface area contributed by atoms with Crippen LogP contribution in [0.15, 0.2) is 29.9 Å². The fourth-order valence-electron chi connectivity index (χ4n) is 1.31. The first-order valence-corrected chi connectivity index (χ1v) is 6.46. The third kappa shape index (κ3) is 4.01. The lowest BCUT2D eigenvalue weighted by molar-refractivity contribution is 0.102. The highest BCUT2D eigenvalue weighted by molar-refractivity contribution is 7.13. The molecule has 2 aromatic rings.